The summed E-state index contributed by atoms with van der Waals surface area (Å²) in [6, 6.07) is 4.60. The average molecular weight is 303 g/mol. The lowest BCUT2D eigenvalue weighted by atomic mass is 10.1. The van der Waals surface area contributed by atoms with Gasteiger partial charge in [-0.05, 0) is 19.1 Å². The van der Waals surface area contributed by atoms with Crippen molar-refractivity contribution in [1.82, 2.24) is 4.90 Å². The van der Waals surface area contributed by atoms with Crippen molar-refractivity contribution in [3.63, 3.8) is 0 Å². The van der Waals surface area contributed by atoms with E-state index in [2.05, 4.69) is 0 Å². The topological polar surface area (TPSA) is 80.0 Å². The van der Waals surface area contributed by atoms with E-state index in [1.165, 1.54) is 6.07 Å². The predicted octanol–water partition coefficient (Wildman–Crippen LogP) is 1.32. The molecule has 1 N–H and O–H groups in total. The Bertz CT molecular complexity index is 774. The zero-order valence-corrected chi connectivity index (χ0v) is 12.3. The Labute approximate surface area is 126 Å². The monoisotopic (exact) mass is 303 g/mol. The molecule has 0 saturated carbocycles. The minimum Gasteiger partial charge on any atom is -0.507 e. The predicted molar refractivity (Wildman–Crippen MR) is 80.5 cm³/mol. The maximum Gasteiger partial charge on any atom is 0.207 e. The molecule has 1 fully saturated rings. The van der Waals surface area contributed by atoms with Crippen LogP contribution in [-0.4, -0.2) is 48.6 Å². The van der Waals surface area contributed by atoms with Gasteiger partial charge in [-0.25, -0.2) is 0 Å². The normalized spacial score (nSPS) is 16.0. The fourth-order valence-electron chi connectivity index (χ4n) is 2.70. The van der Waals surface area contributed by atoms with Crippen LogP contribution in [0.25, 0.3) is 11.0 Å². The smallest absolute Gasteiger partial charge is 0.207 e. The Hall–Kier alpha value is -2.18. The van der Waals surface area contributed by atoms with E-state index < -0.39 is 5.43 Å². The van der Waals surface area contributed by atoms with Crippen molar-refractivity contribution in [3.8, 4) is 5.75 Å². The second kappa shape index (κ2) is 5.90. The number of nitrogens with zero attached hydrogens (tertiary/aromatic N) is 1. The first kappa shape index (κ1) is 14.7. The number of benzene rings is 1. The number of aromatic hydroxyl groups is 1. The molecule has 1 saturated heterocycles. The molecule has 3 rings (SSSR count). The molecule has 0 unspecified atom stereocenters. The summed E-state index contributed by atoms with van der Waals surface area (Å²) in [5.41, 5.74) is -0.180. The summed E-state index contributed by atoms with van der Waals surface area (Å²) in [4.78, 5) is 27.0. The summed E-state index contributed by atoms with van der Waals surface area (Å²) in [5, 5.41) is 9.93. The number of carbonyl (C=O) groups is 1. The number of morpholine rings is 1. The van der Waals surface area contributed by atoms with Crippen molar-refractivity contribution in [2.24, 2.45) is 0 Å². The van der Waals surface area contributed by atoms with Crippen LogP contribution >= 0.6 is 0 Å². The van der Waals surface area contributed by atoms with Gasteiger partial charge in [0.05, 0.1) is 19.8 Å². The lowest BCUT2D eigenvalue weighted by Gasteiger charge is -2.25. The van der Waals surface area contributed by atoms with Gasteiger partial charge >= 0.3 is 0 Å². The van der Waals surface area contributed by atoms with Crippen molar-refractivity contribution >= 4 is 16.8 Å². The Morgan fingerprint density at radius 3 is 2.77 bits per heavy atom. The van der Waals surface area contributed by atoms with Gasteiger partial charge in [-0.1, -0.05) is 6.07 Å². The van der Waals surface area contributed by atoms with E-state index in [4.69, 9.17) is 9.15 Å². The van der Waals surface area contributed by atoms with Crippen molar-refractivity contribution in [2.45, 2.75) is 6.92 Å². The lowest BCUT2D eigenvalue weighted by Crippen LogP contribution is -2.40. The molecule has 2 aromatic rings. The van der Waals surface area contributed by atoms with Crippen LogP contribution in [0, 0.1) is 6.92 Å². The molecule has 0 spiro atoms. The zero-order chi connectivity index (χ0) is 15.7. The van der Waals surface area contributed by atoms with Crippen molar-refractivity contribution < 1.29 is 19.1 Å². The summed E-state index contributed by atoms with van der Waals surface area (Å²) >= 11 is 0. The molecule has 1 aromatic carbocycles. The van der Waals surface area contributed by atoms with Crippen LogP contribution in [0.1, 0.15) is 16.1 Å². The number of ether oxygens (including phenoxy) is 1. The molecule has 1 aliphatic heterocycles. The third kappa shape index (κ3) is 2.63. The standard InChI is InChI=1S/C16H17NO5/c1-10-14(12(19)9-17-5-7-21-8-6-17)16(20)15-11(18)3-2-4-13(15)22-10/h2-4,18H,5-9H2,1H3. The van der Waals surface area contributed by atoms with Gasteiger partial charge in [-0.2, -0.15) is 0 Å². The number of carbonyl (C=O) groups excluding carboxylic acids is 1. The van der Waals surface area contributed by atoms with Crippen molar-refractivity contribution in [2.75, 3.05) is 32.8 Å². The summed E-state index contributed by atoms with van der Waals surface area (Å²) in [6.07, 6.45) is 0. The van der Waals surface area contributed by atoms with Gasteiger partial charge < -0.3 is 14.3 Å². The molecular weight excluding hydrogens is 286 g/mol. The number of fused-ring (bicyclic) bond motifs is 1. The lowest BCUT2D eigenvalue weighted by molar-refractivity contribution is 0.0370. The van der Waals surface area contributed by atoms with E-state index in [1.54, 1.807) is 19.1 Å². The molecule has 0 bridgehead atoms. The number of ketones is 1. The maximum atomic E-state index is 12.6. The van der Waals surface area contributed by atoms with E-state index in [-0.39, 0.29) is 40.4 Å². The van der Waals surface area contributed by atoms with Crippen LogP contribution in [0.3, 0.4) is 0 Å². The SMILES string of the molecule is Cc1oc2cccc(O)c2c(=O)c1C(=O)CN1CCOCC1. The second-order valence-electron chi connectivity index (χ2n) is 5.32. The van der Waals surface area contributed by atoms with Gasteiger partial charge in [0.1, 0.15) is 28.0 Å². The van der Waals surface area contributed by atoms with E-state index in [1.807, 2.05) is 4.90 Å². The van der Waals surface area contributed by atoms with E-state index in [0.717, 1.165) is 0 Å². The Balaban J connectivity index is 2.01. The zero-order valence-electron chi connectivity index (χ0n) is 12.3. The highest BCUT2D eigenvalue weighted by Gasteiger charge is 2.23. The van der Waals surface area contributed by atoms with Gasteiger partial charge in [0.2, 0.25) is 5.43 Å². The van der Waals surface area contributed by atoms with E-state index >= 15 is 0 Å². The van der Waals surface area contributed by atoms with Crippen LogP contribution in [0.2, 0.25) is 0 Å². The van der Waals surface area contributed by atoms with Crippen LogP contribution < -0.4 is 5.43 Å². The highest BCUT2D eigenvalue weighted by molar-refractivity contribution is 6.01. The van der Waals surface area contributed by atoms with Gasteiger partial charge in [0.15, 0.2) is 5.78 Å². The quantitative estimate of drug-likeness (QED) is 0.862. The second-order valence-corrected chi connectivity index (χ2v) is 5.32. The third-order valence-corrected chi connectivity index (χ3v) is 3.82. The molecule has 0 amide bonds. The first-order valence-electron chi connectivity index (χ1n) is 7.16. The van der Waals surface area contributed by atoms with E-state index in [0.29, 0.717) is 26.3 Å². The summed E-state index contributed by atoms with van der Waals surface area (Å²) in [6.45, 7) is 4.23. The van der Waals surface area contributed by atoms with Crippen LogP contribution in [-0.2, 0) is 4.74 Å². The minimum absolute atomic E-state index is 0.0143. The molecule has 0 radical (unpaired) electrons. The molecule has 22 heavy (non-hydrogen) atoms. The first-order valence-corrected chi connectivity index (χ1v) is 7.16. The molecule has 116 valence electrons. The van der Waals surface area contributed by atoms with Crippen LogP contribution in [0.5, 0.6) is 5.75 Å². The van der Waals surface area contributed by atoms with Crippen LogP contribution in [0.4, 0.5) is 0 Å². The van der Waals surface area contributed by atoms with Crippen LogP contribution in [0.15, 0.2) is 27.4 Å². The number of hydrogen-bond acceptors (Lipinski definition) is 6. The van der Waals surface area contributed by atoms with Gasteiger partial charge in [0.25, 0.3) is 0 Å². The number of rotatable bonds is 3. The molecule has 1 aliphatic rings. The third-order valence-electron chi connectivity index (χ3n) is 3.82. The highest BCUT2D eigenvalue weighted by Crippen LogP contribution is 2.23. The molecule has 0 atom stereocenters. The summed E-state index contributed by atoms with van der Waals surface area (Å²) < 4.78 is 10.8. The maximum absolute atomic E-state index is 12.6. The van der Waals surface area contributed by atoms with Gasteiger partial charge in [-0.15, -0.1) is 0 Å². The molecule has 6 heteroatoms. The molecule has 6 nitrogen and oxygen atoms in total. The molecule has 0 aliphatic carbocycles. The van der Waals surface area contributed by atoms with Crippen molar-refractivity contribution in [1.29, 1.82) is 0 Å². The number of Topliss-reactive ketones (excluding diaryl/α,β-unsaturated/α-hetero) is 1. The number of hydrogen-bond donors (Lipinski definition) is 1. The van der Waals surface area contributed by atoms with Gasteiger partial charge in [-0.3, -0.25) is 14.5 Å². The van der Waals surface area contributed by atoms with Crippen molar-refractivity contribution in [3.05, 3.63) is 39.7 Å². The molecule has 2 heterocycles. The molecular formula is C16H17NO5. The van der Waals surface area contributed by atoms with Gasteiger partial charge in [0, 0.05) is 13.1 Å². The molecule has 1 aromatic heterocycles. The largest absolute Gasteiger partial charge is 0.507 e. The number of phenolic OH excluding ortho intramolecular Hbond substituents is 1. The summed E-state index contributed by atoms with van der Waals surface area (Å²) in [5.74, 6) is -0.189. The van der Waals surface area contributed by atoms with E-state index in [9.17, 15) is 14.7 Å². The Morgan fingerprint density at radius 1 is 1.32 bits per heavy atom. The Kier molecular flexibility index (Phi) is 3.96. The minimum atomic E-state index is -0.477. The summed E-state index contributed by atoms with van der Waals surface area (Å²) in [7, 11) is 0. The fraction of sp³-hybridized carbons (Fsp3) is 0.375. The highest BCUT2D eigenvalue weighted by atomic mass is 16.5. The number of aryl methyl sites for hydroxylation is 1. The fourth-order valence-corrected chi connectivity index (χ4v) is 2.70. The number of phenols is 1. The Morgan fingerprint density at radius 2 is 2.05 bits per heavy atom. The first-order chi connectivity index (χ1) is 10.6. The average Bonchev–Trinajstić information content (AvgIpc) is 2.47.